The maximum absolute atomic E-state index is 13.1. The van der Waals surface area contributed by atoms with Crippen molar-refractivity contribution in [2.45, 2.75) is 13.0 Å². The van der Waals surface area contributed by atoms with Crippen LogP contribution in [0.5, 0.6) is 0 Å². The first-order valence-corrected chi connectivity index (χ1v) is 10.7. The van der Waals surface area contributed by atoms with E-state index >= 15 is 0 Å². The summed E-state index contributed by atoms with van der Waals surface area (Å²) >= 11 is 5.84. The Labute approximate surface area is 204 Å². The van der Waals surface area contributed by atoms with Gasteiger partial charge in [-0.15, -0.1) is 0 Å². The van der Waals surface area contributed by atoms with E-state index < -0.39 is 22.9 Å². The standard InChI is InChI=1S/C25H18ClN3O6/c1-15-21(28-24(34-15)17-10-6-3-7-11-17)25(31)35-22(16-8-4-2-5-9-16)23(30)27-18-12-13-19(26)20(14-18)29(32)33/h2-14,22H,1H3,(H,27,30). The van der Waals surface area contributed by atoms with Gasteiger partial charge in [-0.2, -0.15) is 0 Å². The van der Waals surface area contributed by atoms with Crippen molar-refractivity contribution in [1.29, 1.82) is 0 Å². The molecule has 4 rings (SSSR count). The third-order valence-corrected chi connectivity index (χ3v) is 5.31. The lowest BCUT2D eigenvalue weighted by Crippen LogP contribution is -2.26. The van der Waals surface area contributed by atoms with Crippen LogP contribution < -0.4 is 5.32 Å². The number of aromatic nitrogens is 1. The molecule has 0 saturated carbocycles. The molecule has 0 fully saturated rings. The van der Waals surface area contributed by atoms with E-state index in [9.17, 15) is 19.7 Å². The van der Waals surface area contributed by atoms with Gasteiger partial charge in [-0.05, 0) is 31.2 Å². The Hall–Kier alpha value is -4.50. The molecular weight excluding hydrogens is 474 g/mol. The van der Waals surface area contributed by atoms with Gasteiger partial charge in [0.1, 0.15) is 10.8 Å². The molecule has 0 aliphatic rings. The molecule has 4 aromatic rings. The first-order valence-electron chi connectivity index (χ1n) is 10.4. The summed E-state index contributed by atoms with van der Waals surface area (Å²) in [5.41, 5.74) is 0.749. The van der Waals surface area contributed by atoms with E-state index in [1.807, 2.05) is 18.2 Å². The average Bonchev–Trinajstić information content (AvgIpc) is 3.26. The Balaban J connectivity index is 1.60. The highest BCUT2D eigenvalue weighted by Gasteiger charge is 2.29. The molecule has 10 heteroatoms. The Morgan fingerprint density at radius 2 is 1.71 bits per heavy atom. The van der Waals surface area contributed by atoms with Gasteiger partial charge in [-0.3, -0.25) is 14.9 Å². The number of nitrogens with zero attached hydrogens (tertiary/aromatic N) is 2. The van der Waals surface area contributed by atoms with Crippen LogP contribution in [-0.4, -0.2) is 21.8 Å². The van der Waals surface area contributed by atoms with Crippen LogP contribution in [0, 0.1) is 17.0 Å². The Morgan fingerprint density at radius 1 is 1.06 bits per heavy atom. The highest BCUT2D eigenvalue weighted by atomic mass is 35.5. The van der Waals surface area contributed by atoms with Crippen LogP contribution in [0.2, 0.25) is 5.02 Å². The molecule has 1 N–H and O–H groups in total. The highest BCUT2D eigenvalue weighted by Crippen LogP contribution is 2.29. The fourth-order valence-corrected chi connectivity index (χ4v) is 3.48. The number of nitro groups is 1. The molecule has 0 aliphatic heterocycles. The number of nitro benzene ring substituents is 1. The summed E-state index contributed by atoms with van der Waals surface area (Å²) in [6, 6.07) is 21.2. The van der Waals surface area contributed by atoms with E-state index in [2.05, 4.69) is 10.3 Å². The van der Waals surface area contributed by atoms with Gasteiger partial charge >= 0.3 is 5.97 Å². The van der Waals surface area contributed by atoms with Crippen molar-refractivity contribution < 1.29 is 23.7 Å². The van der Waals surface area contributed by atoms with Gasteiger partial charge in [0.05, 0.1) is 4.92 Å². The zero-order chi connectivity index (χ0) is 24.9. The second kappa shape index (κ2) is 10.2. The first-order chi connectivity index (χ1) is 16.8. The normalized spacial score (nSPS) is 11.5. The molecule has 1 atom stereocenters. The predicted octanol–water partition coefficient (Wildman–Crippen LogP) is 5.75. The number of nitrogens with one attached hydrogen (secondary N) is 1. The molecule has 0 aliphatic carbocycles. The number of hydrogen-bond acceptors (Lipinski definition) is 7. The molecule has 1 aromatic heterocycles. The molecule has 1 unspecified atom stereocenters. The van der Waals surface area contributed by atoms with Gasteiger partial charge in [-0.25, -0.2) is 9.78 Å². The lowest BCUT2D eigenvalue weighted by molar-refractivity contribution is -0.384. The summed E-state index contributed by atoms with van der Waals surface area (Å²) < 4.78 is 11.2. The van der Waals surface area contributed by atoms with E-state index in [0.717, 1.165) is 6.07 Å². The second-order valence-electron chi connectivity index (χ2n) is 7.40. The summed E-state index contributed by atoms with van der Waals surface area (Å²) in [7, 11) is 0. The van der Waals surface area contributed by atoms with Crippen molar-refractivity contribution in [2.24, 2.45) is 0 Å². The second-order valence-corrected chi connectivity index (χ2v) is 7.81. The maximum atomic E-state index is 13.1. The molecule has 3 aromatic carbocycles. The van der Waals surface area contributed by atoms with Crippen LogP contribution in [0.25, 0.3) is 11.5 Å². The van der Waals surface area contributed by atoms with Gasteiger partial charge in [-0.1, -0.05) is 60.1 Å². The fraction of sp³-hybridized carbons (Fsp3) is 0.0800. The number of benzene rings is 3. The quantitative estimate of drug-likeness (QED) is 0.198. The number of hydrogen-bond donors (Lipinski definition) is 1. The van der Waals surface area contributed by atoms with Gasteiger partial charge in [0.2, 0.25) is 12.0 Å². The Bertz CT molecular complexity index is 1390. The number of carbonyl (C=O) groups is 2. The van der Waals surface area contributed by atoms with Crippen LogP contribution in [0.4, 0.5) is 11.4 Å². The van der Waals surface area contributed by atoms with Crippen LogP contribution in [0.3, 0.4) is 0 Å². The summed E-state index contributed by atoms with van der Waals surface area (Å²) in [5, 5.41) is 13.6. The third-order valence-electron chi connectivity index (χ3n) is 4.99. The first kappa shape index (κ1) is 23.7. The number of aryl methyl sites for hydroxylation is 1. The lowest BCUT2D eigenvalue weighted by atomic mass is 10.1. The molecule has 1 heterocycles. The highest BCUT2D eigenvalue weighted by molar-refractivity contribution is 6.32. The number of halogens is 1. The minimum absolute atomic E-state index is 0.0697. The van der Waals surface area contributed by atoms with E-state index in [1.54, 1.807) is 49.4 Å². The number of carbonyl (C=O) groups excluding carboxylic acids is 2. The van der Waals surface area contributed by atoms with Gasteiger partial charge in [0, 0.05) is 22.9 Å². The maximum Gasteiger partial charge on any atom is 0.361 e. The molecule has 176 valence electrons. The Kier molecular flexibility index (Phi) is 6.88. The third kappa shape index (κ3) is 5.36. The van der Waals surface area contributed by atoms with Crippen molar-refractivity contribution in [1.82, 2.24) is 4.98 Å². The fourth-order valence-electron chi connectivity index (χ4n) is 3.29. The number of anilines is 1. The van der Waals surface area contributed by atoms with Crippen LogP contribution in [-0.2, 0) is 9.53 Å². The number of amides is 1. The smallest absolute Gasteiger partial charge is 0.361 e. The average molecular weight is 492 g/mol. The molecule has 0 saturated heterocycles. The molecular formula is C25H18ClN3O6. The summed E-state index contributed by atoms with van der Waals surface area (Å²) in [6.45, 7) is 1.57. The van der Waals surface area contributed by atoms with Gasteiger partial charge in [0.25, 0.3) is 11.6 Å². The minimum Gasteiger partial charge on any atom is -0.442 e. The molecule has 0 radical (unpaired) electrons. The molecule has 35 heavy (non-hydrogen) atoms. The van der Waals surface area contributed by atoms with E-state index in [-0.39, 0.29) is 33.7 Å². The number of esters is 1. The summed E-state index contributed by atoms with van der Waals surface area (Å²) in [6.07, 6.45) is -1.37. The van der Waals surface area contributed by atoms with E-state index in [0.29, 0.717) is 11.1 Å². The monoisotopic (exact) mass is 491 g/mol. The van der Waals surface area contributed by atoms with E-state index in [4.69, 9.17) is 20.8 Å². The largest absolute Gasteiger partial charge is 0.442 e. The van der Waals surface area contributed by atoms with Crippen molar-refractivity contribution in [2.75, 3.05) is 5.32 Å². The number of ether oxygens (including phenoxy) is 1. The zero-order valence-electron chi connectivity index (χ0n) is 18.3. The van der Waals surface area contributed by atoms with E-state index in [1.165, 1.54) is 12.1 Å². The molecule has 0 spiro atoms. The van der Waals surface area contributed by atoms with Crippen molar-refractivity contribution >= 4 is 34.9 Å². The predicted molar refractivity (Wildman–Crippen MR) is 128 cm³/mol. The van der Waals surface area contributed by atoms with Crippen LogP contribution in [0.15, 0.2) is 83.3 Å². The molecule has 9 nitrogen and oxygen atoms in total. The Morgan fingerprint density at radius 3 is 2.37 bits per heavy atom. The van der Waals surface area contributed by atoms with Crippen LogP contribution in [0.1, 0.15) is 27.9 Å². The van der Waals surface area contributed by atoms with Gasteiger partial charge < -0.3 is 14.5 Å². The summed E-state index contributed by atoms with van der Waals surface area (Å²) in [4.78, 5) is 40.9. The number of oxazole rings is 1. The van der Waals surface area contributed by atoms with Crippen molar-refractivity contribution in [3.8, 4) is 11.5 Å². The minimum atomic E-state index is -1.37. The topological polar surface area (TPSA) is 125 Å². The van der Waals surface area contributed by atoms with Crippen molar-refractivity contribution in [3.05, 3.63) is 111 Å². The lowest BCUT2D eigenvalue weighted by Gasteiger charge is -2.17. The number of rotatable bonds is 7. The van der Waals surface area contributed by atoms with Crippen LogP contribution >= 0.6 is 11.6 Å². The SMILES string of the molecule is Cc1oc(-c2ccccc2)nc1C(=O)OC(C(=O)Nc1ccc(Cl)c([N+](=O)[O-])c1)c1ccccc1. The van der Waals surface area contributed by atoms with Gasteiger partial charge in [0.15, 0.2) is 5.69 Å². The zero-order valence-corrected chi connectivity index (χ0v) is 19.1. The van der Waals surface area contributed by atoms with Crippen molar-refractivity contribution in [3.63, 3.8) is 0 Å². The summed E-state index contributed by atoms with van der Waals surface area (Å²) in [5.74, 6) is -1.11. The molecule has 0 bridgehead atoms. The molecule has 1 amide bonds.